The van der Waals surface area contributed by atoms with Gasteiger partial charge in [-0.1, -0.05) is 12.1 Å². The van der Waals surface area contributed by atoms with Crippen LogP contribution < -0.4 is 15.9 Å². The lowest BCUT2D eigenvalue weighted by molar-refractivity contribution is -0.143. The molecule has 4 rings (SSSR count). The van der Waals surface area contributed by atoms with E-state index in [0.717, 1.165) is 10.4 Å². The van der Waals surface area contributed by atoms with Crippen LogP contribution in [0.4, 0.5) is 32.3 Å². The highest BCUT2D eigenvalue weighted by molar-refractivity contribution is 7.99. The van der Waals surface area contributed by atoms with Crippen molar-refractivity contribution in [2.45, 2.75) is 18.8 Å². The second-order valence-electron chi connectivity index (χ2n) is 7.50. The van der Waals surface area contributed by atoms with Crippen molar-refractivity contribution in [3.63, 3.8) is 0 Å². The number of carbonyl (C=O) groups excluding carboxylic acids is 1. The SMILES string of the molecule is O=C(Cc1cc(C(F)(F)F)cc(C(F)(F)F)c1)Nn1c(N2CCSC2)nc2ccccc2c1=O. The number of rotatable bonds is 4. The Morgan fingerprint density at radius 2 is 1.68 bits per heavy atom. The van der Waals surface area contributed by atoms with Crippen molar-refractivity contribution in [2.75, 3.05) is 28.5 Å². The molecule has 0 atom stereocenters. The third-order valence-corrected chi connectivity index (χ3v) is 6.01. The molecule has 1 amide bonds. The predicted octanol–water partition coefficient (Wildman–Crippen LogP) is 4.26. The average Bonchev–Trinajstić information content (AvgIpc) is 3.29. The molecule has 180 valence electrons. The smallest absolute Gasteiger partial charge is 0.331 e. The lowest BCUT2D eigenvalue weighted by Crippen LogP contribution is -2.39. The summed E-state index contributed by atoms with van der Waals surface area (Å²) in [6.45, 7) is 0.536. The van der Waals surface area contributed by atoms with E-state index < -0.39 is 46.9 Å². The number of nitrogens with one attached hydrogen (secondary N) is 1. The molecule has 2 heterocycles. The largest absolute Gasteiger partial charge is 0.416 e. The van der Waals surface area contributed by atoms with Gasteiger partial charge in [-0.15, -0.1) is 11.8 Å². The molecule has 13 heteroatoms. The van der Waals surface area contributed by atoms with Crippen molar-refractivity contribution in [1.82, 2.24) is 9.66 Å². The minimum Gasteiger partial charge on any atom is -0.331 e. The van der Waals surface area contributed by atoms with Crippen molar-refractivity contribution < 1.29 is 31.1 Å². The van der Waals surface area contributed by atoms with E-state index in [1.54, 1.807) is 34.9 Å². The first-order chi connectivity index (χ1) is 15.9. The first-order valence-electron chi connectivity index (χ1n) is 9.86. The van der Waals surface area contributed by atoms with E-state index in [4.69, 9.17) is 0 Å². The highest BCUT2D eigenvalue weighted by atomic mass is 32.2. The van der Waals surface area contributed by atoms with Crippen LogP contribution in [0.25, 0.3) is 10.9 Å². The van der Waals surface area contributed by atoms with Gasteiger partial charge in [0.25, 0.3) is 5.56 Å². The predicted molar refractivity (Wildman–Crippen MR) is 115 cm³/mol. The monoisotopic (exact) mass is 502 g/mol. The summed E-state index contributed by atoms with van der Waals surface area (Å²) in [7, 11) is 0. The number of nitrogens with zero attached hydrogens (tertiary/aromatic N) is 3. The summed E-state index contributed by atoms with van der Waals surface area (Å²) >= 11 is 1.57. The van der Waals surface area contributed by atoms with Gasteiger partial charge in [-0.2, -0.15) is 31.0 Å². The Hall–Kier alpha value is -3.22. The molecule has 2 aromatic carbocycles. The number of anilines is 1. The van der Waals surface area contributed by atoms with E-state index in [-0.39, 0.29) is 17.4 Å². The van der Waals surface area contributed by atoms with E-state index in [0.29, 0.717) is 30.1 Å². The maximum Gasteiger partial charge on any atom is 0.416 e. The Labute approximate surface area is 192 Å². The second kappa shape index (κ2) is 8.85. The van der Waals surface area contributed by atoms with Gasteiger partial charge in [0.05, 0.1) is 34.3 Å². The van der Waals surface area contributed by atoms with Crippen molar-refractivity contribution in [2.24, 2.45) is 0 Å². The molecular weight excluding hydrogens is 486 g/mol. The Morgan fingerprint density at radius 1 is 1.03 bits per heavy atom. The number of halogens is 6. The van der Waals surface area contributed by atoms with Crippen molar-refractivity contribution >= 4 is 34.5 Å². The summed E-state index contributed by atoms with van der Waals surface area (Å²) in [6.07, 6.45) is -10.9. The molecule has 0 saturated carbocycles. The van der Waals surface area contributed by atoms with Gasteiger partial charge in [0.15, 0.2) is 0 Å². The number of amides is 1. The maximum absolute atomic E-state index is 13.1. The molecule has 34 heavy (non-hydrogen) atoms. The van der Waals surface area contributed by atoms with Gasteiger partial charge < -0.3 is 4.90 Å². The van der Waals surface area contributed by atoms with E-state index in [1.165, 1.54) is 6.07 Å². The number of alkyl halides is 6. The van der Waals surface area contributed by atoms with Crippen LogP contribution in [0.3, 0.4) is 0 Å². The number of benzene rings is 2. The minimum absolute atomic E-state index is 0.0116. The first kappa shape index (κ1) is 23.9. The van der Waals surface area contributed by atoms with Crippen LogP contribution in [0.1, 0.15) is 16.7 Å². The Balaban J connectivity index is 1.70. The maximum atomic E-state index is 13.1. The molecule has 1 aliphatic rings. The lowest BCUT2D eigenvalue weighted by Gasteiger charge is -2.21. The first-order valence-corrected chi connectivity index (χ1v) is 11.0. The summed E-state index contributed by atoms with van der Waals surface area (Å²) < 4.78 is 79.6. The minimum atomic E-state index is -5.04. The molecule has 0 unspecified atom stereocenters. The molecule has 0 radical (unpaired) electrons. The van der Waals surface area contributed by atoms with Crippen LogP contribution in [0.2, 0.25) is 0 Å². The van der Waals surface area contributed by atoms with Crippen LogP contribution in [-0.2, 0) is 23.6 Å². The number of aromatic nitrogens is 2. The van der Waals surface area contributed by atoms with Gasteiger partial charge >= 0.3 is 12.4 Å². The fourth-order valence-electron chi connectivity index (χ4n) is 3.48. The summed E-state index contributed by atoms with van der Waals surface area (Å²) in [5.74, 6) is 0.395. The quantitative estimate of drug-likeness (QED) is 0.541. The number of hydrogen-bond donors (Lipinski definition) is 1. The van der Waals surface area contributed by atoms with Crippen LogP contribution in [-0.4, -0.2) is 33.7 Å². The number of hydrogen-bond acceptors (Lipinski definition) is 5. The number of para-hydroxylation sites is 1. The summed E-state index contributed by atoms with van der Waals surface area (Å²) in [6, 6.07) is 7.36. The van der Waals surface area contributed by atoms with Gasteiger partial charge in [-0.3, -0.25) is 15.0 Å². The van der Waals surface area contributed by atoms with Gasteiger partial charge in [-0.05, 0) is 35.9 Å². The summed E-state index contributed by atoms with van der Waals surface area (Å²) in [4.78, 5) is 31.9. The zero-order chi connectivity index (χ0) is 24.7. The molecule has 3 aromatic rings. The van der Waals surface area contributed by atoms with E-state index in [9.17, 15) is 35.9 Å². The fraction of sp³-hybridized carbons (Fsp3) is 0.286. The zero-order valence-corrected chi connectivity index (χ0v) is 18.0. The van der Waals surface area contributed by atoms with Crippen molar-refractivity contribution in [3.05, 3.63) is 69.5 Å². The molecule has 0 aliphatic carbocycles. The lowest BCUT2D eigenvalue weighted by atomic mass is 10.0. The standard InChI is InChI=1S/C21H16F6N4O2S/c22-20(23,24)13-7-12(8-14(10-13)21(25,26)27)9-17(32)29-31-18(33)15-3-1-2-4-16(15)28-19(31)30-5-6-34-11-30/h1-4,7-8,10H,5-6,9,11H2,(H,29,32). The number of fused-ring (bicyclic) bond motifs is 1. The molecular formula is C21H16F6N4O2S. The van der Waals surface area contributed by atoms with E-state index >= 15 is 0 Å². The Bertz CT molecular complexity index is 1270. The number of thioether (sulfide) groups is 1. The molecule has 1 fully saturated rings. The van der Waals surface area contributed by atoms with Crippen LogP contribution in [0.5, 0.6) is 0 Å². The average molecular weight is 502 g/mol. The molecule has 1 aromatic heterocycles. The molecule has 6 nitrogen and oxygen atoms in total. The topological polar surface area (TPSA) is 67.2 Å². The van der Waals surface area contributed by atoms with Crippen LogP contribution in [0.15, 0.2) is 47.3 Å². The van der Waals surface area contributed by atoms with E-state index in [2.05, 4.69) is 10.4 Å². The van der Waals surface area contributed by atoms with Crippen molar-refractivity contribution in [1.29, 1.82) is 0 Å². The Kier molecular flexibility index (Phi) is 6.23. The zero-order valence-electron chi connectivity index (χ0n) is 17.2. The van der Waals surface area contributed by atoms with Crippen LogP contribution in [0, 0.1) is 0 Å². The molecule has 1 saturated heterocycles. The van der Waals surface area contributed by atoms with Gasteiger partial charge in [0.2, 0.25) is 11.9 Å². The fourth-order valence-corrected chi connectivity index (χ4v) is 4.42. The Morgan fingerprint density at radius 3 is 2.26 bits per heavy atom. The summed E-state index contributed by atoms with van der Waals surface area (Å²) in [5, 5.41) is 0.192. The van der Waals surface area contributed by atoms with Crippen LogP contribution >= 0.6 is 11.8 Å². The normalized spacial score (nSPS) is 14.6. The highest BCUT2D eigenvalue weighted by Gasteiger charge is 2.37. The van der Waals surface area contributed by atoms with Gasteiger partial charge in [-0.25, -0.2) is 4.98 Å². The molecule has 1 aliphatic heterocycles. The van der Waals surface area contributed by atoms with E-state index in [1.807, 2.05) is 0 Å². The number of carbonyl (C=O) groups is 1. The molecule has 1 N–H and O–H groups in total. The summed E-state index contributed by atoms with van der Waals surface area (Å²) in [5.41, 5.74) is -1.48. The third kappa shape index (κ3) is 4.98. The second-order valence-corrected chi connectivity index (χ2v) is 8.57. The third-order valence-electron chi connectivity index (χ3n) is 5.04. The van der Waals surface area contributed by atoms with Crippen molar-refractivity contribution in [3.8, 4) is 0 Å². The van der Waals surface area contributed by atoms with Gasteiger partial charge in [0, 0.05) is 12.3 Å². The molecule has 0 bridgehead atoms. The molecule has 0 spiro atoms. The van der Waals surface area contributed by atoms with Gasteiger partial charge in [0.1, 0.15) is 0 Å². The highest BCUT2D eigenvalue weighted by Crippen LogP contribution is 2.36.